The number of ketones is 4. The Balaban J connectivity index is 0.000000249. The van der Waals surface area contributed by atoms with Gasteiger partial charge < -0.3 is 71.8 Å². The Morgan fingerprint density at radius 3 is 1.15 bits per heavy atom. The average molecular weight is 1820 g/mol. The second-order valence-corrected chi connectivity index (χ2v) is 35.2. The van der Waals surface area contributed by atoms with E-state index in [0.717, 1.165) is 145 Å². The van der Waals surface area contributed by atoms with E-state index >= 15 is 0 Å². The number of allylic oxidation sites excluding steroid dienone is 3. The van der Waals surface area contributed by atoms with E-state index in [1.54, 1.807) is 11.6 Å². The standard InChI is InChI=1S/2C19H25N3O3.C19H23N3O3.C19H26N2O4.C18H26N2O3.CH5NO.5CH4/c1-5-23-17-13-7-8-14-11(3)15-12(10-20-25-15)9-19(14,4)16(13)21-18(22-17)24-6-2;2*1-6-24-17-12-8-9-13-11(3)15(23)14(20-5)10-19(13,4)16(12)21-18(22-17)25-7-2;1-5-24-17-13-7-8-14-11(3)15(23)12(10-22)9-19(14,4)16(13)20-18(21-17)25-6-2;1-5-22-16-12-7-8-13-11(3)14(21)9-10-18(13,4)15(12)19-17(20-16)23-6-2;1-2-3;;;;;/h10-11,14H,5-9H2,1-4H3;11,13-14H,6-10H2,1-4H3;10-11,13H,6-9H2,1-4H3;10-11,14,22H,5-9H2,1-4H3;11,13H,5-10H2,1-4H3;2-3H,1H3;5*1H4/b;;;12-10-;;;;;;;/t11-,14-,19-;11-,13-,14?,19-;11-,13-,19-;11-,14-,19-;11-,13-,18-;;;;;;/m00000....../s1/i;;;;;;1T;;;;. The van der Waals surface area contributed by atoms with E-state index < -0.39 is 11.5 Å². The molecule has 0 radical (unpaired) electrons. The second kappa shape index (κ2) is 46.7. The number of carbonyl (C=O) groups is 4. The number of aliphatic hydroxyl groups is 1. The summed E-state index contributed by atoms with van der Waals surface area (Å²) in [7, 11) is 2.68. The lowest BCUT2D eigenvalue weighted by Crippen LogP contribution is -2.52. The molecule has 131 heavy (non-hydrogen) atoms. The van der Waals surface area contributed by atoms with Crippen molar-refractivity contribution in [3.05, 3.63) is 120 Å². The molecule has 3 fully saturated rings. The molecule has 31 nitrogen and oxygen atoms in total. The zero-order valence-electron chi connectivity index (χ0n) is 79.6. The zero-order valence-corrected chi connectivity index (χ0v) is 78.6. The Labute approximate surface area is 779 Å². The predicted octanol–water partition coefficient (Wildman–Crippen LogP) is 18.6. The normalized spacial score (nSPS) is 27.5. The van der Waals surface area contributed by atoms with E-state index in [2.05, 4.69) is 93.2 Å². The second-order valence-electron chi connectivity index (χ2n) is 35.2. The fraction of sp³-hybridized carbons (Fsp3) is 0.670. The molecular weight excluding hydrogens is 1670 g/mol. The van der Waals surface area contributed by atoms with E-state index in [4.69, 9.17) is 91.5 Å². The maximum atomic E-state index is 12.5. The molecule has 6 aromatic heterocycles. The SMILES string of the molecule is C.C.C.C.CCOc1nc(OCC)c2c(n1)[C@@]1(C)C/C(=C/O)C(=O)[C@@H](C)[C@@H]1CC2.CCOc1nc(OCC)c2c(n1)[C@@]1(C)CCC(=O)[C@@H](C)[C@@H]1CC2.CCOc1nc(OCC)c2c(n1)[C@@]1(C)Cc3cnoc3[C@@H](C)[C@@H]1CC2.CNO.[3H]C.[C-]#[N+]C1=C[C@]2(C)c3nc(OCC)nc(OCC)c3CC[C@H]2[C@H](C)C1=O.[C-]#[N+]C1C[C@]2(C)c3nc(OCC)nc(OCC)c3CC[C@H]2[C@H](C)C1=O. The van der Waals surface area contributed by atoms with Crippen LogP contribution < -0.4 is 52.8 Å². The molecule has 16 rings (SSSR count). The molecule has 0 amide bonds. The van der Waals surface area contributed by atoms with Crippen LogP contribution in [0.4, 0.5) is 0 Å². The van der Waals surface area contributed by atoms with Gasteiger partial charge in [-0.2, -0.15) is 49.8 Å². The van der Waals surface area contributed by atoms with Crippen molar-refractivity contribution >= 4 is 23.1 Å². The Hall–Kier alpha value is -10.5. The number of aromatic nitrogens is 11. The first-order valence-electron chi connectivity index (χ1n) is 46.4. The van der Waals surface area contributed by atoms with Gasteiger partial charge >= 0.3 is 30.1 Å². The molecular formula is C100H150N14O17. The minimum Gasteiger partial charge on any atom is -0.515 e. The summed E-state index contributed by atoms with van der Waals surface area (Å²) in [5, 5.41) is 20.9. The van der Waals surface area contributed by atoms with Gasteiger partial charge in [-0.15, -0.1) is 0 Å². The van der Waals surface area contributed by atoms with Crippen molar-refractivity contribution in [3.8, 4) is 59.5 Å². The van der Waals surface area contributed by atoms with Crippen LogP contribution in [0.5, 0.6) is 59.5 Å². The molecule has 0 spiro atoms. The van der Waals surface area contributed by atoms with Crippen molar-refractivity contribution in [2.24, 2.45) is 53.3 Å². The first-order valence-corrected chi connectivity index (χ1v) is 45.4. The number of hydrogen-bond acceptors (Lipinski definition) is 29. The van der Waals surface area contributed by atoms with Crippen molar-refractivity contribution in [1.82, 2.24) is 60.5 Å². The third kappa shape index (κ3) is 21.3. The summed E-state index contributed by atoms with van der Waals surface area (Å²) in [5.41, 5.74) is 12.2. The average Bonchev–Trinajstić information content (AvgIpc) is 1.74. The van der Waals surface area contributed by atoms with Crippen LogP contribution in [-0.4, -0.2) is 168 Å². The molecule has 31 heteroatoms. The molecule has 0 saturated heterocycles. The first-order chi connectivity index (χ1) is 61.4. The van der Waals surface area contributed by atoms with Crippen LogP contribution >= 0.6 is 0 Å². The summed E-state index contributed by atoms with van der Waals surface area (Å²) in [6.45, 7) is 60.2. The molecule has 16 atom stereocenters. The molecule has 6 heterocycles. The minimum atomic E-state index is -0.594. The number of hydrogen-bond donors (Lipinski definition) is 3. The van der Waals surface area contributed by atoms with Gasteiger partial charge in [0.15, 0.2) is 11.6 Å². The number of hydroxylamine groups is 1. The maximum absolute atomic E-state index is 12.5. The number of Topliss-reactive ketones (excluding diaryl/α,β-unsaturated/α-hetero) is 4. The monoisotopic (exact) mass is 1820 g/mol. The summed E-state index contributed by atoms with van der Waals surface area (Å²) in [4.78, 5) is 102. The van der Waals surface area contributed by atoms with Gasteiger partial charge in [-0.05, 0) is 182 Å². The number of ether oxygens (including phenoxy) is 10. The number of nitrogens with one attached hydrogen (secondary N) is 1. The fourth-order valence-electron chi connectivity index (χ4n) is 22.2. The van der Waals surface area contributed by atoms with Gasteiger partial charge in [-0.3, -0.25) is 14.4 Å². The number of nitrogens with zero attached hydrogens (tertiary/aromatic N) is 13. The summed E-state index contributed by atoms with van der Waals surface area (Å²) in [6, 6.07) is 1.12. The minimum absolute atomic E-state index is 0. The van der Waals surface area contributed by atoms with Gasteiger partial charge in [0.2, 0.25) is 40.9 Å². The van der Waals surface area contributed by atoms with Crippen molar-refractivity contribution < 1.29 is 82.8 Å². The third-order valence-corrected chi connectivity index (χ3v) is 28.0. The Bertz CT molecular complexity index is 5090. The molecule has 10 aliphatic rings. The largest absolute Gasteiger partial charge is 0.515 e. The predicted molar refractivity (Wildman–Crippen MR) is 502 cm³/mol. The molecule has 0 aliphatic heterocycles. The first kappa shape index (κ1) is 108. The van der Waals surface area contributed by atoms with Gasteiger partial charge in [0.1, 0.15) is 11.5 Å². The van der Waals surface area contributed by atoms with E-state index in [1.807, 2.05) is 96.2 Å². The lowest BCUT2D eigenvalue weighted by molar-refractivity contribution is -0.129. The van der Waals surface area contributed by atoms with Crippen LogP contribution in [0.1, 0.15) is 308 Å². The van der Waals surface area contributed by atoms with Crippen LogP contribution in [0.25, 0.3) is 9.69 Å². The van der Waals surface area contributed by atoms with Crippen molar-refractivity contribution in [3.63, 3.8) is 0 Å². The molecule has 0 aromatic carbocycles. The molecule has 722 valence electrons. The summed E-state index contributed by atoms with van der Waals surface area (Å²) < 4.78 is 68.0. The summed E-state index contributed by atoms with van der Waals surface area (Å²) in [6.07, 6.45) is 16.7. The number of rotatable bonds is 20. The van der Waals surface area contributed by atoms with Crippen molar-refractivity contribution in [1.29, 1.82) is 0 Å². The van der Waals surface area contributed by atoms with Crippen LogP contribution in [0, 0.1) is 66.4 Å². The number of fused-ring (bicyclic) bond motifs is 16. The molecule has 3 N–H and O–H groups in total. The highest BCUT2D eigenvalue weighted by molar-refractivity contribution is 6.00. The van der Waals surface area contributed by atoms with Gasteiger partial charge in [-0.1, -0.05) is 118 Å². The summed E-state index contributed by atoms with van der Waals surface area (Å²) in [5.74, 6) is 5.74. The van der Waals surface area contributed by atoms with E-state index in [1.165, 1.54) is 20.0 Å². The number of aliphatic hydroxyl groups excluding tert-OH is 1. The van der Waals surface area contributed by atoms with Gasteiger partial charge in [-0.25, -0.2) is 16.9 Å². The highest BCUT2D eigenvalue weighted by Gasteiger charge is 2.58. The van der Waals surface area contributed by atoms with Crippen LogP contribution in [0.15, 0.2) is 34.3 Å². The molecule has 0 bridgehead atoms. The van der Waals surface area contributed by atoms with Crippen molar-refractivity contribution in [2.45, 2.75) is 311 Å². The van der Waals surface area contributed by atoms with Crippen molar-refractivity contribution in [2.75, 3.05) is 73.1 Å². The lowest BCUT2D eigenvalue weighted by atomic mass is 9.55. The van der Waals surface area contributed by atoms with Gasteiger partial charge in [0.05, 0.1) is 114 Å². The van der Waals surface area contributed by atoms with E-state index in [9.17, 15) is 24.3 Å². The smallest absolute Gasteiger partial charge is 0.319 e. The fourth-order valence-corrected chi connectivity index (χ4v) is 22.2. The van der Waals surface area contributed by atoms with Gasteiger partial charge in [0, 0.05) is 117 Å². The van der Waals surface area contributed by atoms with Crippen LogP contribution in [0.3, 0.4) is 0 Å². The molecule has 1 unspecified atom stereocenters. The Morgan fingerprint density at radius 1 is 0.450 bits per heavy atom. The molecule has 3 saturated carbocycles. The third-order valence-electron chi connectivity index (χ3n) is 28.0. The highest BCUT2D eigenvalue weighted by atomic mass is 16.5. The van der Waals surface area contributed by atoms with Gasteiger partial charge in [0.25, 0.3) is 6.04 Å². The maximum Gasteiger partial charge on any atom is 0.319 e. The zero-order chi connectivity index (χ0) is 93.5. The highest BCUT2D eigenvalue weighted by Crippen LogP contribution is 2.59. The van der Waals surface area contributed by atoms with Crippen LogP contribution in [-0.2, 0) is 84.8 Å². The quantitative estimate of drug-likeness (QED) is 0.0276. The van der Waals surface area contributed by atoms with E-state index in [-0.39, 0.29) is 122 Å². The van der Waals surface area contributed by atoms with E-state index in [0.29, 0.717) is 168 Å². The number of carbonyl (C=O) groups excluding carboxylic acids is 4. The summed E-state index contributed by atoms with van der Waals surface area (Å²) >= 11 is 0. The Morgan fingerprint density at radius 2 is 0.779 bits per heavy atom. The topological polar surface area (TPSA) is 377 Å². The lowest BCUT2D eigenvalue weighted by Gasteiger charge is -2.48. The molecule has 10 aliphatic carbocycles. The molecule has 6 aromatic rings. The Kier molecular flexibility index (Phi) is 38.3. The van der Waals surface area contributed by atoms with Crippen LogP contribution in [0.2, 0.25) is 0 Å².